The summed E-state index contributed by atoms with van der Waals surface area (Å²) in [5, 5.41) is 24.1. The number of hydrogen-bond acceptors (Lipinski definition) is 4. The van der Waals surface area contributed by atoms with Gasteiger partial charge in [-0.1, -0.05) is 17.7 Å². The Kier molecular flexibility index (Phi) is 5.15. The van der Waals surface area contributed by atoms with Crippen LogP contribution in [0, 0.1) is 13.8 Å². The fourth-order valence-electron chi connectivity index (χ4n) is 2.06. The zero-order chi connectivity index (χ0) is 17.9. The highest BCUT2D eigenvalue weighted by atomic mass is 32.1. The van der Waals surface area contributed by atoms with Crippen molar-refractivity contribution >= 4 is 34.9 Å². The molecule has 0 aliphatic carbocycles. The largest absolute Gasteiger partial charge is 0.507 e. The number of aryl methyl sites for hydroxylation is 2. The van der Waals surface area contributed by atoms with E-state index in [1.54, 1.807) is 19.1 Å². The highest BCUT2D eigenvalue weighted by Gasteiger charge is 2.14. The Balaban J connectivity index is 2.11. The molecule has 2 aromatic carbocycles. The Bertz CT molecular complexity index is 816. The van der Waals surface area contributed by atoms with Gasteiger partial charge in [-0.2, -0.15) is 0 Å². The van der Waals surface area contributed by atoms with Crippen LogP contribution in [-0.4, -0.2) is 27.2 Å². The van der Waals surface area contributed by atoms with E-state index in [4.69, 9.17) is 17.3 Å². The van der Waals surface area contributed by atoms with Gasteiger partial charge in [0.15, 0.2) is 5.11 Å². The molecule has 0 aliphatic heterocycles. The molecule has 24 heavy (non-hydrogen) atoms. The maximum Gasteiger partial charge on any atom is 0.339 e. The molecule has 1 amide bonds. The van der Waals surface area contributed by atoms with Crippen molar-refractivity contribution in [2.75, 3.05) is 5.32 Å². The van der Waals surface area contributed by atoms with Crippen molar-refractivity contribution in [3.8, 4) is 5.75 Å². The number of carboxylic acid groups (broad SMARTS) is 1. The maximum atomic E-state index is 12.1. The first-order valence-electron chi connectivity index (χ1n) is 7.04. The van der Waals surface area contributed by atoms with E-state index < -0.39 is 5.97 Å². The van der Waals surface area contributed by atoms with Crippen molar-refractivity contribution in [3.05, 3.63) is 58.7 Å². The third-order valence-electron chi connectivity index (χ3n) is 3.33. The van der Waals surface area contributed by atoms with Gasteiger partial charge in [0.05, 0.1) is 0 Å². The van der Waals surface area contributed by atoms with E-state index in [2.05, 4.69) is 10.6 Å². The Labute approximate surface area is 144 Å². The number of amides is 1. The van der Waals surface area contributed by atoms with Crippen molar-refractivity contribution in [1.29, 1.82) is 0 Å². The number of phenols is 1. The Morgan fingerprint density at radius 2 is 1.71 bits per heavy atom. The molecule has 0 aromatic heterocycles. The molecule has 124 valence electrons. The number of anilines is 1. The molecule has 0 heterocycles. The summed E-state index contributed by atoms with van der Waals surface area (Å²) in [6, 6.07) is 9.77. The highest BCUT2D eigenvalue weighted by molar-refractivity contribution is 7.80. The predicted molar refractivity (Wildman–Crippen MR) is 94.7 cm³/mol. The van der Waals surface area contributed by atoms with Gasteiger partial charge in [-0.3, -0.25) is 10.1 Å². The predicted octanol–water partition coefficient (Wildman–Crippen LogP) is 2.83. The van der Waals surface area contributed by atoms with Crippen molar-refractivity contribution in [2.45, 2.75) is 13.8 Å². The van der Waals surface area contributed by atoms with Crippen LogP contribution in [0.15, 0.2) is 36.4 Å². The normalized spacial score (nSPS) is 10.1. The van der Waals surface area contributed by atoms with Gasteiger partial charge < -0.3 is 15.5 Å². The standard InChI is InChI=1S/C17H16N2O4S/c1-9-3-5-11(6-4-9)15(21)19-17(24)18-12-7-10(2)14(20)13(8-12)16(22)23/h3-8,20H,1-2H3,(H,22,23)(H2,18,19,21,24). The highest BCUT2D eigenvalue weighted by Crippen LogP contribution is 2.26. The first kappa shape index (κ1) is 17.4. The van der Waals surface area contributed by atoms with Gasteiger partial charge in [0, 0.05) is 11.3 Å². The molecule has 0 spiro atoms. The molecule has 4 N–H and O–H groups in total. The van der Waals surface area contributed by atoms with Crippen LogP contribution in [0.3, 0.4) is 0 Å². The Morgan fingerprint density at radius 3 is 2.29 bits per heavy atom. The molecule has 0 fully saturated rings. The average Bonchev–Trinajstić information content (AvgIpc) is 2.50. The number of thiocarbonyl (C=S) groups is 1. The quantitative estimate of drug-likeness (QED) is 0.505. The van der Waals surface area contributed by atoms with Crippen LogP contribution in [-0.2, 0) is 0 Å². The van der Waals surface area contributed by atoms with Crippen LogP contribution in [0.1, 0.15) is 31.8 Å². The SMILES string of the molecule is Cc1ccc(C(=O)NC(=S)Nc2cc(C)c(O)c(C(=O)O)c2)cc1. The molecule has 0 radical (unpaired) electrons. The third-order valence-corrected chi connectivity index (χ3v) is 3.53. The number of benzene rings is 2. The van der Waals surface area contributed by atoms with Crippen LogP contribution in [0.4, 0.5) is 5.69 Å². The molecular formula is C17H16N2O4S. The van der Waals surface area contributed by atoms with Crippen LogP contribution < -0.4 is 10.6 Å². The molecule has 0 saturated heterocycles. The second-order valence-corrected chi connectivity index (χ2v) is 5.68. The molecule has 7 heteroatoms. The minimum absolute atomic E-state index is 0.0296. The number of rotatable bonds is 3. The van der Waals surface area contributed by atoms with Gasteiger partial charge in [0.1, 0.15) is 11.3 Å². The summed E-state index contributed by atoms with van der Waals surface area (Å²) in [6.45, 7) is 3.49. The van der Waals surface area contributed by atoms with Crippen LogP contribution in [0.25, 0.3) is 0 Å². The number of nitrogens with one attached hydrogen (secondary N) is 2. The molecule has 0 aliphatic rings. The van der Waals surface area contributed by atoms with Gasteiger partial charge in [0.2, 0.25) is 0 Å². The van der Waals surface area contributed by atoms with Crippen LogP contribution >= 0.6 is 12.2 Å². The molecule has 0 atom stereocenters. The zero-order valence-electron chi connectivity index (χ0n) is 13.1. The fourth-order valence-corrected chi connectivity index (χ4v) is 2.27. The van der Waals surface area contributed by atoms with Crippen molar-refractivity contribution < 1.29 is 19.8 Å². The maximum absolute atomic E-state index is 12.1. The van der Waals surface area contributed by atoms with Crippen LogP contribution in [0.5, 0.6) is 5.75 Å². The van der Waals surface area contributed by atoms with Crippen molar-refractivity contribution in [1.82, 2.24) is 5.32 Å². The number of aromatic hydroxyl groups is 1. The Morgan fingerprint density at radius 1 is 1.08 bits per heavy atom. The monoisotopic (exact) mass is 344 g/mol. The van der Waals surface area contributed by atoms with E-state index in [1.165, 1.54) is 12.1 Å². The van der Waals surface area contributed by atoms with E-state index >= 15 is 0 Å². The van der Waals surface area contributed by atoms with Crippen molar-refractivity contribution in [3.63, 3.8) is 0 Å². The first-order chi connectivity index (χ1) is 11.3. The summed E-state index contributed by atoms with van der Waals surface area (Å²) in [4.78, 5) is 23.2. The minimum Gasteiger partial charge on any atom is -0.507 e. The summed E-state index contributed by atoms with van der Waals surface area (Å²) in [5.41, 5.74) is 1.98. The first-order valence-corrected chi connectivity index (χ1v) is 7.44. The molecule has 0 bridgehead atoms. The van der Waals surface area contributed by atoms with E-state index in [-0.39, 0.29) is 22.3 Å². The summed E-state index contributed by atoms with van der Waals surface area (Å²) in [5.74, 6) is -1.93. The van der Waals surface area contributed by atoms with Crippen molar-refractivity contribution in [2.24, 2.45) is 0 Å². The second kappa shape index (κ2) is 7.10. The topological polar surface area (TPSA) is 98.7 Å². The summed E-state index contributed by atoms with van der Waals surface area (Å²) >= 11 is 5.07. The number of carbonyl (C=O) groups excluding carboxylic acids is 1. The molecular weight excluding hydrogens is 328 g/mol. The van der Waals surface area contributed by atoms with E-state index in [0.29, 0.717) is 16.8 Å². The van der Waals surface area contributed by atoms with Crippen LogP contribution in [0.2, 0.25) is 0 Å². The van der Waals surface area contributed by atoms with Gasteiger partial charge in [0.25, 0.3) is 5.91 Å². The molecule has 0 unspecified atom stereocenters. The van der Waals surface area contributed by atoms with Gasteiger partial charge in [-0.05, 0) is 55.9 Å². The fraction of sp³-hybridized carbons (Fsp3) is 0.118. The lowest BCUT2D eigenvalue weighted by Gasteiger charge is -2.12. The van der Waals surface area contributed by atoms with Gasteiger partial charge >= 0.3 is 5.97 Å². The van der Waals surface area contributed by atoms with E-state index in [1.807, 2.05) is 19.1 Å². The lowest BCUT2D eigenvalue weighted by atomic mass is 10.1. The van der Waals surface area contributed by atoms with Gasteiger partial charge in [-0.15, -0.1) is 0 Å². The summed E-state index contributed by atoms with van der Waals surface area (Å²) in [7, 11) is 0. The minimum atomic E-state index is -1.26. The smallest absolute Gasteiger partial charge is 0.339 e. The lowest BCUT2D eigenvalue weighted by molar-refractivity contribution is 0.0693. The third kappa shape index (κ3) is 4.08. The average molecular weight is 344 g/mol. The summed E-state index contributed by atoms with van der Waals surface area (Å²) < 4.78 is 0. The molecule has 2 rings (SSSR count). The number of carboxylic acids is 1. The second-order valence-electron chi connectivity index (χ2n) is 5.27. The molecule has 6 nitrogen and oxygen atoms in total. The number of hydrogen-bond donors (Lipinski definition) is 4. The zero-order valence-corrected chi connectivity index (χ0v) is 13.9. The Hall–Kier alpha value is -2.93. The lowest BCUT2D eigenvalue weighted by Crippen LogP contribution is -2.34. The number of carbonyl (C=O) groups is 2. The van der Waals surface area contributed by atoms with E-state index in [9.17, 15) is 14.7 Å². The molecule has 2 aromatic rings. The van der Waals surface area contributed by atoms with Gasteiger partial charge in [-0.25, -0.2) is 4.79 Å². The number of aromatic carboxylic acids is 1. The van der Waals surface area contributed by atoms with E-state index in [0.717, 1.165) is 5.56 Å². The molecule has 0 saturated carbocycles. The summed E-state index contributed by atoms with van der Waals surface area (Å²) in [6.07, 6.45) is 0.